The number of ketones is 1. The van der Waals surface area contributed by atoms with Crippen molar-refractivity contribution in [1.82, 2.24) is 0 Å². The Labute approximate surface area is 97.7 Å². The molecule has 2 atom stereocenters. The van der Waals surface area contributed by atoms with Crippen LogP contribution < -0.4 is 0 Å². The van der Waals surface area contributed by atoms with Crippen molar-refractivity contribution in [2.45, 2.75) is 24.3 Å². The summed E-state index contributed by atoms with van der Waals surface area (Å²) in [6.45, 7) is 5.56. The van der Waals surface area contributed by atoms with Crippen LogP contribution in [0.4, 0.5) is 0 Å². The fourth-order valence-corrected chi connectivity index (χ4v) is 4.69. The Bertz CT molecular complexity index is 308. The van der Waals surface area contributed by atoms with Crippen molar-refractivity contribution >= 4 is 28.3 Å². The van der Waals surface area contributed by atoms with E-state index in [2.05, 4.69) is 6.58 Å². The van der Waals surface area contributed by atoms with Gasteiger partial charge in [-0.2, -0.15) is 0 Å². The van der Waals surface area contributed by atoms with Crippen LogP contribution in [0.1, 0.15) is 19.8 Å². The largest absolute Gasteiger partial charge is 0.290 e. The molecule has 1 heterocycles. The van der Waals surface area contributed by atoms with E-state index in [1.807, 2.05) is 0 Å². The molecule has 0 N–H and O–H groups in total. The molecule has 1 rings (SSSR count). The Kier molecular flexibility index (Phi) is 5.32. The topological polar surface area (TPSA) is 34.1 Å². The number of thioether (sulfide) groups is 1. The number of carbonyl (C=O) groups is 1. The fourth-order valence-electron chi connectivity index (χ4n) is 1.35. The molecule has 0 spiro atoms. The minimum atomic E-state index is -0.793. The van der Waals surface area contributed by atoms with Crippen LogP contribution in [0.25, 0.3) is 0 Å². The van der Waals surface area contributed by atoms with Crippen LogP contribution in [0.15, 0.2) is 24.3 Å². The van der Waals surface area contributed by atoms with Crippen LogP contribution in [0.2, 0.25) is 0 Å². The molecule has 4 heteroatoms. The lowest BCUT2D eigenvalue weighted by Gasteiger charge is -2.20. The molecular weight excluding hydrogens is 228 g/mol. The van der Waals surface area contributed by atoms with Gasteiger partial charge in [0.2, 0.25) is 0 Å². The summed E-state index contributed by atoms with van der Waals surface area (Å²) < 4.78 is 11.7. The summed E-state index contributed by atoms with van der Waals surface area (Å²) in [6.07, 6.45) is 4.79. The summed E-state index contributed by atoms with van der Waals surface area (Å²) in [5.74, 6) is 1.77. The molecule has 0 aromatic heterocycles. The van der Waals surface area contributed by atoms with E-state index >= 15 is 0 Å². The monoisotopic (exact) mass is 244 g/mol. The number of rotatable bonds is 4. The fraction of sp³-hybridized carbons (Fsp3) is 0.545. The van der Waals surface area contributed by atoms with Gasteiger partial charge in [0.25, 0.3) is 0 Å². The SMILES string of the molecule is C=C(CC1SCCCS1=O)C(=O)/C=C/C. The average molecular weight is 244 g/mol. The molecular formula is C11H16O2S2. The van der Waals surface area contributed by atoms with Gasteiger partial charge in [-0.05, 0) is 37.2 Å². The first-order valence-electron chi connectivity index (χ1n) is 4.98. The first-order valence-corrected chi connectivity index (χ1v) is 7.42. The first kappa shape index (κ1) is 12.7. The Morgan fingerprint density at radius 3 is 3.00 bits per heavy atom. The zero-order chi connectivity index (χ0) is 11.3. The maximum Gasteiger partial charge on any atom is 0.180 e. The minimum Gasteiger partial charge on any atom is -0.290 e. The van der Waals surface area contributed by atoms with E-state index in [4.69, 9.17) is 0 Å². The van der Waals surface area contributed by atoms with E-state index in [-0.39, 0.29) is 10.4 Å². The average Bonchev–Trinajstić information content (AvgIpc) is 2.21. The van der Waals surface area contributed by atoms with Crippen LogP contribution in [0.5, 0.6) is 0 Å². The molecule has 0 aromatic carbocycles. The molecule has 0 saturated carbocycles. The lowest BCUT2D eigenvalue weighted by atomic mass is 10.1. The van der Waals surface area contributed by atoms with Crippen molar-refractivity contribution in [3.05, 3.63) is 24.3 Å². The van der Waals surface area contributed by atoms with E-state index in [1.165, 1.54) is 6.08 Å². The predicted molar refractivity (Wildman–Crippen MR) is 67.5 cm³/mol. The Morgan fingerprint density at radius 1 is 1.67 bits per heavy atom. The molecule has 1 fully saturated rings. The molecule has 0 aromatic rings. The Balaban J connectivity index is 2.49. The molecule has 1 aliphatic heterocycles. The van der Waals surface area contributed by atoms with Crippen molar-refractivity contribution < 1.29 is 9.00 Å². The standard InChI is InChI=1S/C11H16O2S2/c1-3-5-10(12)9(2)8-11-14-6-4-7-15(11)13/h3,5,11H,2,4,6-8H2,1H3/b5-3+. The number of hydrogen-bond donors (Lipinski definition) is 0. The highest BCUT2D eigenvalue weighted by Crippen LogP contribution is 2.27. The summed E-state index contributed by atoms with van der Waals surface area (Å²) in [5.41, 5.74) is 0.570. The van der Waals surface area contributed by atoms with Crippen LogP contribution in [-0.4, -0.2) is 26.1 Å². The second-order valence-electron chi connectivity index (χ2n) is 3.41. The lowest BCUT2D eigenvalue weighted by Crippen LogP contribution is -2.21. The summed E-state index contributed by atoms with van der Waals surface area (Å²) in [7, 11) is -0.793. The smallest absolute Gasteiger partial charge is 0.180 e. The maximum atomic E-state index is 11.6. The Hall–Kier alpha value is -0.350. The highest BCUT2D eigenvalue weighted by atomic mass is 32.2. The van der Waals surface area contributed by atoms with E-state index in [0.29, 0.717) is 12.0 Å². The zero-order valence-corrected chi connectivity index (χ0v) is 10.5. The normalized spacial score (nSPS) is 26.7. The minimum absolute atomic E-state index is 0.0410. The van der Waals surface area contributed by atoms with Gasteiger partial charge in [-0.3, -0.25) is 9.00 Å². The molecule has 1 aliphatic rings. The molecule has 1 saturated heterocycles. The predicted octanol–water partition coefficient (Wildman–Crippen LogP) is 2.29. The molecule has 84 valence electrons. The molecule has 2 unspecified atom stereocenters. The number of allylic oxidation sites excluding steroid dienone is 3. The van der Waals surface area contributed by atoms with Gasteiger partial charge in [0.05, 0.1) is 4.58 Å². The van der Waals surface area contributed by atoms with Crippen molar-refractivity contribution in [2.75, 3.05) is 11.5 Å². The molecule has 2 nitrogen and oxygen atoms in total. The van der Waals surface area contributed by atoms with E-state index in [1.54, 1.807) is 24.8 Å². The van der Waals surface area contributed by atoms with Crippen molar-refractivity contribution in [2.24, 2.45) is 0 Å². The van der Waals surface area contributed by atoms with Crippen LogP contribution in [0, 0.1) is 0 Å². The molecule has 0 amide bonds. The van der Waals surface area contributed by atoms with Gasteiger partial charge in [0.1, 0.15) is 0 Å². The van der Waals surface area contributed by atoms with Gasteiger partial charge in [-0.25, -0.2) is 0 Å². The summed E-state index contributed by atoms with van der Waals surface area (Å²) >= 11 is 1.70. The van der Waals surface area contributed by atoms with Gasteiger partial charge in [0.15, 0.2) is 5.78 Å². The van der Waals surface area contributed by atoms with Gasteiger partial charge < -0.3 is 0 Å². The number of hydrogen-bond acceptors (Lipinski definition) is 3. The van der Waals surface area contributed by atoms with Crippen molar-refractivity contribution in [1.29, 1.82) is 0 Å². The van der Waals surface area contributed by atoms with Crippen LogP contribution in [0.3, 0.4) is 0 Å². The van der Waals surface area contributed by atoms with Gasteiger partial charge in [-0.1, -0.05) is 12.7 Å². The van der Waals surface area contributed by atoms with Crippen LogP contribution in [-0.2, 0) is 15.6 Å². The molecule has 0 radical (unpaired) electrons. The molecule has 0 bridgehead atoms. The second-order valence-corrected chi connectivity index (χ2v) is 6.76. The van der Waals surface area contributed by atoms with Gasteiger partial charge in [0, 0.05) is 16.6 Å². The zero-order valence-electron chi connectivity index (χ0n) is 8.90. The highest BCUT2D eigenvalue weighted by Gasteiger charge is 2.23. The summed E-state index contributed by atoms with van der Waals surface area (Å²) in [6, 6.07) is 0. The third-order valence-corrected chi connectivity index (χ3v) is 5.73. The third kappa shape index (κ3) is 3.95. The van der Waals surface area contributed by atoms with Gasteiger partial charge in [-0.15, -0.1) is 11.8 Å². The second kappa shape index (κ2) is 6.28. The van der Waals surface area contributed by atoms with Crippen LogP contribution >= 0.6 is 11.8 Å². The maximum absolute atomic E-state index is 11.6. The summed E-state index contributed by atoms with van der Waals surface area (Å²) in [4.78, 5) is 11.4. The van der Waals surface area contributed by atoms with Crippen molar-refractivity contribution in [3.63, 3.8) is 0 Å². The number of carbonyl (C=O) groups excluding carboxylic acids is 1. The first-order chi connectivity index (χ1) is 7.15. The summed E-state index contributed by atoms with van der Waals surface area (Å²) in [5, 5.41) is 0. The molecule has 15 heavy (non-hydrogen) atoms. The Morgan fingerprint density at radius 2 is 2.40 bits per heavy atom. The van der Waals surface area contributed by atoms with E-state index in [9.17, 15) is 9.00 Å². The van der Waals surface area contributed by atoms with E-state index < -0.39 is 10.8 Å². The van der Waals surface area contributed by atoms with Crippen molar-refractivity contribution in [3.8, 4) is 0 Å². The lowest BCUT2D eigenvalue weighted by molar-refractivity contribution is -0.111. The van der Waals surface area contributed by atoms with E-state index in [0.717, 1.165) is 17.9 Å². The quantitative estimate of drug-likeness (QED) is 0.712. The van der Waals surface area contributed by atoms with Gasteiger partial charge >= 0.3 is 0 Å². The third-order valence-electron chi connectivity index (χ3n) is 2.17. The highest BCUT2D eigenvalue weighted by molar-refractivity contribution is 8.11. The molecule has 0 aliphatic carbocycles.